The molecule has 4 rings (SSSR count). The molecular weight excluding hydrogens is 330 g/mol. The molecule has 0 atom stereocenters. The Bertz CT molecular complexity index is 1110. The number of phenols is 1. The predicted molar refractivity (Wildman–Crippen MR) is 112 cm³/mol. The second-order valence-corrected chi connectivity index (χ2v) is 6.48. The topological polar surface area (TPSA) is 32.3 Å². The summed E-state index contributed by atoms with van der Waals surface area (Å²) in [6, 6.07) is 22.1. The quantitative estimate of drug-likeness (QED) is 0.423. The summed E-state index contributed by atoms with van der Waals surface area (Å²) in [4.78, 5) is 0. The van der Waals surface area contributed by atoms with Crippen molar-refractivity contribution in [3.63, 3.8) is 0 Å². The average molecular weight is 349 g/mol. The fourth-order valence-corrected chi connectivity index (χ4v) is 3.07. The highest BCUT2D eigenvalue weighted by atomic mass is 16.3. The molecule has 0 amide bonds. The van der Waals surface area contributed by atoms with Gasteiger partial charge in [0.05, 0.1) is 0 Å². The van der Waals surface area contributed by atoms with E-state index < -0.39 is 0 Å². The number of nitrogens with one attached hydrogen (secondary N) is 1. The van der Waals surface area contributed by atoms with Crippen molar-refractivity contribution in [2.75, 3.05) is 5.32 Å². The molecule has 3 aromatic rings. The van der Waals surface area contributed by atoms with Gasteiger partial charge in [0.15, 0.2) is 0 Å². The van der Waals surface area contributed by atoms with Crippen molar-refractivity contribution in [2.24, 2.45) is 0 Å². The van der Waals surface area contributed by atoms with Crippen LogP contribution in [0.5, 0.6) is 5.75 Å². The van der Waals surface area contributed by atoms with Crippen LogP contribution in [0.15, 0.2) is 96.4 Å². The van der Waals surface area contributed by atoms with Crippen LogP contribution in [0.4, 0.5) is 11.4 Å². The van der Waals surface area contributed by atoms with Gasteiger partial charge in [-0.05, 0) is 48.9 Å². The molecule has 0 radical (unpaired) electrons. The van der Waals surface area contributed by atoms with Crippen molar-refractivity contribution in [1.29, 1.82) is 0 Å². The van der Waals surface area contributed by atoms with E-state index in [1.165, 1.54) is 5.56 Å². The number of benzene rings is 3. The summed E-state index contributed by atoms with van der Waals surface area (Å²) in [5, 5.41) is 14.2. The molecule has 0 saturated carbocycles. The Balaban J connectivity index is 1.86. The largest absolute Gasteiger partial charge is 0.507 e. The molecule has 0 saturated heterocycles. The van der Waals surface area contributed by atoms with E-state index >= 15 is 0 Å². The number of allylic oxidation sites excluding steroid dienone is 4. The van der Waals surface area contributed by atoms with Crippen LogP contribution in [-0.2, 0) is 0 Å². The fraction of sp³-hybridized carbons (Fsp3) is 0.0400. The highest BCUT2D eigenvalue weighted by Gasteiger charge is 2.14. The van der Waals surface area contributed by atoms with Gasteiger partial charge in [0.1, 0.15) is 5.75 Å². The van der Waals surface area contributed by atoms with Gasteiger partial charge in [0, 0.05) is 28.1 Å². The van der Waals surface area contributed by atoms with Crippen LogP contribution in [0.2, 0.25) is 0 Å². The van der Waals surface area contributed by atoms with Crippen LogP contribution in [0.3, 0.4) is 0 Å². The second kappa shape index (κ2) is 7.27. The van der Waals surface area contributed by atoms with Gasteiger partial charge in [0.25, 0.3) is 0 Å². The standard InChI is InChI=1S/C25H19NO/c1-18-12-14-21(15-13-18)26-24-16-23(20-10-6-3-7-11-20)25(27)17-22(24)19-8-4-2-5-9-19/h2-6,8-10,12-17,26-27H,1H3. The number of anilines is 2. The number of aryl methyl sites for hydroxylation is 1. The first kappa shape index (κ1) is 16.8. The molecule has 0 aromatic heterocycles. The van der Waals surface area contributed by atoms with E-state index in [0.29, 0.717) is 0 Å². The third-order valence-electron chi connectivity index (χ3n) is 4.49. The van der Waals surface area contributed by atoms with Gasteiger partial charge in [-0.3, -0.25) is 0 Å². The van der Waals surface area contributed by atoms with Gasteiger partial charge in [-0.25, -0.2) is 0 Å². The normalized spacial score (nSPS) is 12.1. The lowest BCUT2D eigenvalue weighted by atomic mass is 9.96. The predicted octanol–water partition coefficient (Wildman–Crippen LogP) is 6.37. The van der Waals surface area contributed by atoms with E-state index in [1.54, 1.807) is 6.08 Å². The lowest BCUT2D eigenvalue weighted by Crippen LogP contribution is -1.96. The zero-order valence-electron chi connectivity index (χ0n) is 15.0. The first-order valence-corrected chi connectivity index (χ1v) is 8.85. The molecule has 3 aromatic carbocycles. The van der Waals surface area contributed by atoms with Crippen LogP contribution < -0.4 is 5.32 Å². The Morgan fingerprint density at radius 3 is 2.37 bits per heavy atom. The van der Waals surface area contributed by atoms with Gasteiger partial charge < -0.3 is 10.4 Å². The van der Waals surface area contributed by atoms with Crippen molar-refractivity contribution in [3.05, 3.63) is 108 Å². The Morgan fingerprint density at radius 1 is 0.889 bits per heavy atom. The molecule has 0 unspecified atom stereocenters. The van der Waals surface area contributed by atoms with Crippen molar-refractivity contribution in [1.82, 2.24) is 0 Å². The molecule has 2 heteroatoms. The van der Waals surface area contributed by atoms with Crippen LogP contribution in [-0.4, -0.2) is 5.11 Å². The maximum Gasteiger partial charge on any atom is 0.124 e. The molecule has 130 valence electrons. The zero-order valence-corrected chi connectivity index (χ0v) is 15.0. The summed E-state index contributed by atoms with van der Waals surface area (Å²) in [6.07, 6.45) is 5.61. The minimum Gasteiger partial charge on any atom is -0.507 e. The molecule has 0 spiro atoms. The van der Waals surface area contributed by atoms with Crippen LogP contribution >= 0.6 is 0 Å². The Kier molecular flexibility index (Phi) is 4.51. The molecule has 27 heavy (non-hydrogen) atoms. The van der Waals surface area contributed by atoms with Crippen molar-refractivity contribution >= 4 is 16.9 Å². The third kappa shape index (κ3) is 3.63. The van der Waals surface area contributed by atoms with Crippen LogP contribution in [0.25, 0.3) is 16.7 Å². The Morgan fingerprint density at radius 2 is 1.67 bits per heavy atom. The van der Waals surface area contributed by atoms with Gasteiger partial charge >= 0.3 is 0 Å². The molecule has 0 bridgehead atoms. The maximum atomic E-state index is 10.7. The molecule has 2 nitrogen and oxygen atoms in total. The number of phenolic OH excluding ortho intramolecular Hbond substituents is 1. The summed E-state index contributed by atoms with van der Waals surface area (Å²) < 4.78 is 0. The monoisotopic (exact) mass is 349 g/mol. The van der Waals surface area contributed by atoms with Crippen molar-refractivity contribution < 1.29 is 5.11 Å². The molecule has 0 aliphatic heterocycles. The van der Waals surface area contributed by atoms with Crippen molar-refractivity contribution in [2.45, 2.75) is 6.92 Å². The summed E-state index contributed by atoms with van der Waals surface area (Å²) in [5.41, 5.74) is 12.7. The van der Waals surface area contributed by atoms with Gasteiger partial charge in [-0.15, -0.1) is 0 Å². The molecule has 2 N–H and O–H groups in total. The number of aromatic hydroxyl groups is 1. The van der Waals surface area contributed by atoms with E-state index in [1.807, 2.05) is 54.6 Å². The minimum absolute atomic E-state index is 0.221. The number of hydrogen-bond donors (Lipinski definition) is 2. The Labute approximate surface area is 159 Å². The second-order valence-electron chi connectivity index (χ2n) is 6.48. The molecule has 1 aliphatic rings. The van der Waals surface area contributed by atoms with E-state index in [9.17, 15) is 5.11 Å². The average Bonchev–Trinajstić information content (AvgIpc) is 2.72. The number of rotatable bonds is 4. The smallest absolute Gasteiger partial charge is 0.124 e. The van der Waals surface area contributed by atoms with E-state index in [0.717, 1.165) is 33.6 Å². The van der Waals surface area contributed by atoms with Crippen molar-refractivity contribution in [3.8, 4) is 16.9 Å². The first-order valence-electron chi connectivity index (χ1n) is 8.85. The summed E-state index contributed by atoms with van der Waals surface area (Å²) in [6.45, 7) is 2.07. The third-order valence-corrected chi connectivity index (χ3v) is 4.49. The van der Waals surface area contributed by atoms with Gasteiger partial charge in [-0.2, -0.15) is 0 Å². The Hall–Kier alpha value is -3.70. The van der Waals surface area contributed by atoms with Crippen LogP contribution in [0, 0.1) is 6.92 Å². The van der Waals surface area contributed by atoms with Gasteiger partial charge in [0.2, 0.25) is 0 Å². The van der Waals surface area contributed by atoms with E-state index in [4.69, 9.17) is 0 Å². The van der Waals surface area contributed by atoms with Crippen LogP contribution in [0.1, 0.15) is 11.1 Å². The maximum absolute atomic E-state index is 10.7. The molecule has 1 aliphatic carbocycles. The lowest BCUT2D eigenvalue weighted by molar-refractivity contribution is 0.474. The zero-order chi connectivity index (χ0) is 18.6. The summed E-state index contributed by atoms with van der Waals surface area (Å²) >= 11 is 0. The number of hydrogen-bond acceptors (Lipinski definition) is 2. The van der Waals surface area contributed by atoms with E-state index in [2.05, 4.69) is 48.0 Å². The molecular formula is C25H19NO. The highest BCUT2D eigenvalue weighted by molar-refractivity contribution is 5.88. The summed E-state index contributed by atoms with van der Waals surface area (Å²) in [7, 11) is 0. The SMILES string of the molecule is Cc1ccc(Nc2cc(C3=C=C=CC=C3)c(O)cc2-c2ccccc2)cc1. The molecule has 0 fully saturated rings. The minimum atomic E-state index is 0.221. The molecule has 0 heterocycles. The van der Waals surface area contributed by atoms with E-state index in [-0.39, 0.29) is 5.75 Å². The highest BCUT2D eigenvalue weighted by Crippen LogP contribution is 2.38. The first-order chi connectivity index (χ1) is 13.2. The lowest BCUT2D eigenvalue weighted by Gasteiger charge is -2.16. The van der Waals surface area contributed by atoms with Gasteiger partial charge in [-0.1, -0.05) is 65.6 Å². The summed E-state index contributed by atoms with van der Waals surface area (Å²) in [5.74, 6) is 0.221. The fourth-order valence-electron chi connectivity index (χ4n) is 3.07.